The molecule has 0 aliphatic carbocycles. The van der Waals surface area contributed by atoms with E-state index in [-0.39, 0.29) is 5.69 Å². The van der Waals surface area contributed by atoms with Gasteiger partial charge in [-0.1, -0.05) is 12.1 Å². The van der Waals surface area contributed by atoms with Gasteiger partial charge < -0.3 is 19.1 Å². The number of benzene rings is 2. The van der Waals surface area contributed by atoms with Crippen LogP contribution in [0.2, 0.25) is 0 Å². The van der Waals surface area contributed by atoms with E-state index in [1.54, 1.807) is 12.1 Å². The molecule has 0 amide bonds. The highest BCUT2D eigenvalue weighted by atomic mass is 19.3. The minimum Gasteiger partial charge on any atom is -0.449 e. The van der Waals surface area contributed by atoms with Gasteiger partial charge in [-0.05, 0) is 23.8 Å². The normalized spacial score (nSPS) is 11.2. The van der Waals surface area contributed by atoms with Crippen LogP contribution in [0.3, 0.4) is 0 Å². The maximum absolute atomic E-state index is 14.4. The van der Waals surface area contributed by atoms with Gasteiger partial charge in [-0.25, -0.2) is 18.9 Å². The zero-order valence-corrected chi connectivity index (χ0v) is 16.3. The number of hydrogen-bond acceptors (Lipinski definition) is 6. The maximum atomic E-state index is 14.4. The summed E-state index contributed by atoms with van der Waals surface area (Å²) >= 11 is 0. The van der Waals surface area contributed by atoms with Gasteiger partial charge in [0.15, 0.2) is 17.3 Å². The molecule has 9 nitrogen and oxygen atoms in total. The van der Waals surface area contributed by atoms with Crippen LogP contribution in [0, 0.1) is 11.6 Å². The molecule has 2 aromatic heterocycles. The molecule has 0 fully saturated rings. The van der Waals surface area contributed by atoms with E-state index in [1.165, 1.54) is 29.5 Å². The molecule has 0 bridgehead atoms. The van der Waals surface area contributed by atoms with E-state index in [2.05, 4.69) is 19.6 Å². The molecule has 2 heterocycles. The SMILES string of the molecule is O=C(O)Oc1cn(-c2ccc(Cn3cncn3)cc2)c2c(OC(F)F)c(F)c(F)cc2c1=O. The highest BCUT2D eigenvalue weighted by molar-refractivity contribution is 5.88. The molecular formula is C20H12F4N4O5. The molecule has 2 aromatic carbocycles. The first-order valence-electron chi connectivity index (χ1n) is 9.09. The number of rotatable bonds is 6. The highest BCUT2D eigenvalue weighted by Gasteiger charge is 2.25. The third-order valence-corrected chi connectivity index (χ3v) is 4.54. The van der Waals surface area contributed by atoms with Gasteiger partial charge in [0.2, 0.25) is 11.2 Å². The van der Waals surface area contributed by atoms with Crippen molar-refractivity contribution in [2.24, 2.45) is 0 Å². The Morgan fingerprint density at radius 1 is 1.18 bits per heavy atom. The Morgan fingerprint density at radius 3 is 2.52 bits per heavy atom. The summed E-state index contributed by atoms with van der Waals surface area (Å²) in [6, 6.07) is 6.65. The van der Waals surface area contributed by atoms with E-state index in [1.807, 2.05) is 0 Å². The fourth-order valence-corrected chi connectivity index (χ4v) is 3.21. The second-order valence-electron chi connectivity index (χ2n) is 6.60. The largest absolute Gasteiger partial charge is 0.511 e. The van der Waals surface area contributed by atoms with Crippen molar-refractivity contribution in [2.75, 3.05) is 0 Å². The van der Waals surface area contributed by atoms with Gasteiger partial charge in [-0.3, -0.25) is 4.79 Å². The van der Waals surface area contributed by atoms with Crippen molar-refractivity contribution in [1.82, 2.24) is 19.3 Å². The standard InChI is InChI=1S/C20H12F4N4O5/c21-13-5-12-16(18(15(13)22)33-19(23)24)28(7-14(17(12)29)32-20(30)31)11-3-1-10(2-4-11)6-27-9-25-8-26-27/h1-5,7-9,19H,6H2,(H,30,31). The van der Waals surface area contributed by atoms with E-state index in [0.29, 0.717) is 12.6 Å². The lowest BCUT2D eigenvalue weighted by atomic mass is 10.1. The van der Waals surface area contributed by atoms with E-state index in [0.717, 1.165) is 16.3 Å². The second kappa shape index (κ2) is 8.61. The molecule has 4 aromatic rings. The summed E-state index contributed by atoms with van der Waals surface area (Å²) < 4.78 is 65.6. The predicted molar refractivity (Wildman–Crippen MR) is 104 cm³/mol. The number of hydrogen-bond donors (Lipinski definition) is 1. The molecule has 0 aliphatic heterocycles. The number of halogens is 4. The number of nitrogens with zero attached hydrogens (tertiary/aromatic N) is 4. The topological polar surface area (TPSA) is 108 Å². The average molecular weight is 464 g/mol. The molecule has 0 aliphatic rings. The van der Waals surface area contributed by atoms with E-state index in [4.69, 9.17) is 5.11 Å². The lowest BCUT2D eigenvalue weighted by Crippen LogP contribution is -2.18. The van der Waals surface area contributed by atoms with Crippen molar-refractivity contribution in [2.45, 2.75) is 13.2 Å². The number of carboxylic acid groups (broad SMARTS) is 1. The zero-order chi connectivity index (χ0) is 23.7. The monoisotopic (exact) mass is 464 g/mol. The Morgan fingerprint density at radius 2 is 1.91 bits per heavy atom. The van der Waals surface area contributed by atoms with Crippen molar-refractivity contribution in [3.63, 3.8) is 0 Å². The molecule has 0 atom stereocenters. The number of ether oxygens (including phenoxy) is 2. The third kappa shape index (κ3) is 4.33. The summed E-state index contributed by atoms with van der Waals surface area (Å²) in [4.78, 5) is 27.4. The van der Waals surface area contributed by atoms with Crippen LogP contribution in [-0.2, 0) is 6.54 Å². The Kier molecular flexibility index (Phi) is 5.69. The third-order valence-electron chi connectivity index (χ3n) is 4.54. The van der Waals surface area contributed by atoms with Crippen LogP contribution in [0.1, 0.15) is 5.56 Å². The summed E-state index contributed by atoms with van der Waals surface area (Å²) in [5.74, 6) is -5.36. The number of pyridine rings is 1. The van der Waals surface area contributed by atoms with Crippen LogP contribution in [-0.4, -0.2) is 37.2 Å². The fraction of sp³-hybridized carbons (Fsp3) is 0.100. The molecular weight excluding hydrogens is 452 g/mol. The molecule has 4 rings (SSSR count). The summed E-state index contributed by atoms with van der Waals surface area (Å²) in [7, 11) is 0. The van der Waals surface area contributed by atoms with Crippen LogP contribution in [0.15, 0.2) is 54.0 Å². The quantitative estimate of drug-likeness (QED) is 0.343. The van der Waals surface area contributed by atoms with Crippen LogP contribution in [0.5, 0.6) is 11.5 Å². The van der Waals surface area contributed by atoms with E-state index < -0.39 is 52.2 Å². The van der Waals surface area contributed by atoms with Gasteiger partial charge in [0.25, 0.3) is 0 Å². The van der Waals surface area contributed by atoms with Crippen LogP contribution in [0.25, 0.3) is 16.6 Å². The molecule has 0 spiro atoms. The minimum absolute atomic E-state index is 0.183. The second-order valence-corrected chi connectivity index (χ2v) is 6.60. The molecule has 0 saturated carbocycles. The van der Waals surface area contributed by atoms with Crippen molar-refractivity contribution >= 4 is 17.1 Å². The van der Waals surface area contributed by atoms with Gasteiger partial charge >= 0.3 is 12.8 Å². The summed E-state index contributed by atoms with van der Waals surface area (Å²) in [5, 5.41) is 12.3. The number of aromatic nitrogens is 4. The number of fused-ring (bicyclic) bond motifs is 1. The van der Waals surface area contributed by atoms with Gasteiger partial charge in [-0.15, -0.1) is 0 Å². The molecule has 13 heteroatoms. The maximum Gasteiger partial charge on any atom is 0.511 e. The Labute approximate surface area is 181 Å². The molecule has 0 saturated heterocycles. The minimum atomic E-state index is -3.53. The van der Waals surface area contributed by atoms with Crippen LogP contribution < -0.4 is 14.9 Å². The van der Waals surface area contributed by atoms with Gasteiger partial charge in [0, 0.05) is 5.69 Å². The van der Waals surface area contributed by atoms with Crippen molar-refractivity contribution < 1.29 is 36.9 Å². The Bertz CT molecular complexity index is 1390. The summed E-state index contributed by atoms with van der Waals surface area (Å²) in [6.45, 7) is -3.19. The molecule has 1 N–H and O–H groups in total. The van der Waals surface area contributed by atoms with E-state index in [9.17, 15) is 27.2 Å². The first-order chi connectivity index (χ1) is 15.7. The first kappa shape index (κ1) is 21.8. The molecule has 170 valence electrons. The lowest BCUT2D eigenvalue weighted by molar-refractivity contribution is -0.0515. The zero-order valence-electron chi connectivity index (χ0n) is 16.3. The van der Waals surface area contributed by atoms with Crippen molar-refractivity contribution in [3.05, 3.63) is 76.6 Å². The first-order valence-corrected chi connectivity index (χ1v) is 9.09. The summed E-state index contributed by atoms with van der Waals surface area (Å²) in [5.41, 5.74) is -0.772. The number of alkyl halides is 2. The van der Waals surface area contributed by atoms with Gasteiger partial charge in [0.1, 0.15) is 18.2 Å². The van der Waals surface area contributed by atoms with E-state index >= 15 is 0 Å². The van der Waals surface area contributed by atoms with Gasteiger partial charge in [-0.2, -0.15) is 18.3 Å². The molecule has 0 radical (unpaired) electrons. The smallest absolute Gasteiger partial charge is 0.449 e. The lowest BCUT2D eigenvalue weighted by Gasteiger charge is -2.17. The fourth-order valence-electron chi connectivity index (χ4n) is 3.21. The number of carbonyl (C=O) groups is 1. The Balaban J connectivity index is 1.95. The molecule has 33 heavy (non-hydrogen) atoms. The highest BCUT2D eigenvalue weighted by Crippen LogP contribution is 2.34. The van der Waals surface area contributed by atoms with Crippen LogP contribution in [0.4, 0.5) is 22.4 Å². The van der Waals surface area contributed by atoms with Crippen molar-refractivity contribution in [3.8, 4) is 17.2 Å². The predicted octanol–water partition coefficient (Wildman–Crippen LogP) is 3.57. The Hall–Kier alpha value is -4.42. The van der Waals surface area contributed by atoms with Crippen LogP contribution >= 0.6 is 0 Å². The van der Waals surface area contributed by atoms with Crippen molar-refractivity contribution in [1.29, 1.82) is 0 Å². The van der Waals surface area contributed by atoms with Gasteiger partial charge in [0.05, 0.1) is 18.1 Å². The molecule has 0 unspecified atom stereocenters. The average Bonchev–Trinajstić information content (AvgIpc) is 3.27. The summed E-state index contributed by atoms with van der Waals surface area (Å²) in [6.07, 6.45) is 1.86.